The van der Waals surface area contributed by atoms with Gasteiger partial charge in [-0.3, -0.25) is 9.48 Å². The Morgan fingerprint density at radius 3 is 2.69 bits per heavy atom. The third kappa shape index (κ3) is 2.63. The molecule has 0 fully saturated rings. The SMILES string of the molecule is CCN(C(=O)c1nn(C)c2c1CSc1ccccc1-2)c1ccccc1C. The minimum absolute atomic E-state index is 0.0290. The Bertz CT molecular complexity index is 993. The van der Waals surface area contributed by atoms with E-state index in [1.165, 1.54) is 4.90 Å². The summed E-state index contributed by atoms with van der Waals surface area (Å²) < 4.78 is 1.85. The lowest BCUT2D eigenvalue weighted by Crippen LogP contribution is -2.32. The van der Waals surface area contributed by atoms with Crippen LogP contribution in [0, 0.1) is 6.92 Å². The Hall–Kier alpha value is -2.53. The topological polar surface area (TPSA) is 38.1 Å². The van der Waals surface area contributed by atoms with E-state index in [1.54, 1.807) is 11.8 Å². The highest BCUT2D eigenvalue weighted by Crippen LogP contribution is 2.42. The van der Waals surface area contributed by atoms with Crippen LogP contribution in [0.3, 0.4) is 0 Å². The summed E-state index contributed by atoms with van der Waals surface area (Å²) in [7, 11) is 1.92. The lowest BCUT2D eigenvalue weighted by molar-refractivity contribution is 0.0982. The Balaban J connectivity index is 1.81. The van der Waals surface area contributed by atoms with Crippen molar-refractivity contribution in [2.24, 2.45) is 7.05 Å². The number of rotatable bonds is 3. The predicted molar refractivity (Wildman–Crippen MR) is 107 cm³/mol. The van der Waals surface area contributed by atoms with Crippen LogP contribution in [0.5, 0.6) is 0 Å². The van der Waals surface area contributed by atoms with Gasteiger partial charge in [0.2, 0.25) is 0 Å². The van der Waals surface area contributed by atoms with Crippen molar-refractivity contribution < 1.29 is 4.79 Å². The molecule has 0 saturated carbocycles. The fourth-order valence-corrected chi connectivity index (χ4v) is 4.64. The average molecular weight is 363 g/mol. The maximum Gasteiger partial charge on any atom is 0.279 e. The van der Waals surface area contributed by atoms with E-state index >= 15 is 0 Å². The van der Waals surface area contributed by atoms with E-state index in [1.807, 2.05) is 60.8 Å². The molecule has 5 heteroatoms. The number of para-hydroxylation sites is 1. The number of amides is 1. The predicted octanol–water partition coefficient (Wildman–Crippen LogP) is 4.67. The quantitative estimate of drug-likeness (QED) is 0.679. The van der Waals surface area contributed by atoms with Gasteiger partial charge >= 0.3 is 0 Å². The number of fused-ring (bicyclic) bond motifs is 3. The van der Waals surface area contributed by atoms with Crippen LogP contribution in [0.1, 0.15) is 28.5 Å². The fourth-order valence-electron chi connectivity index (χ4n) is 3.57. The van der Waals surface area contributed by atoms with Gasteiger partial charge in [0.1, 0.15) is 0 Å². The van der Waals surface area contributed by atoms with Gasteiger partial charge in [-0.05, 0) is 31.5 Å². The molecule has 4 nitrogen and oxygen atoms in total. The van der Waals surface area contributed by atoms with Crippen LogP contribution in [0.4, 0.5) is 5.69 Å². The first-order valence-electron chi connectivity index (χ1n) is 8.77. The van der Waals surface area contributed by atoms with Crippen molar-refractivity contribution in [3.63, 3.8) is 0 Å². The van der Waals surface area contributed by atoms with Crippen molar-refractivity contribution in [3.05, 3.63) is 65.4 Å². The molecule has 1 amide bonds. The number of aromatic nitrogens is 2. The second kappa shape index (κ2) is 6.65. The molecule has 2 aromatic carbocycles. The van der Waals surface area contributed by atoms with Crippen molar-refractivity contribution in [3.8, 4) is 11.3 Å². The molecule has 1 aliphatic rings. The van der Waals surface area contributed by atoms with Crippen molar-refractivity contribution in [2.75, 3.05) is 11.4 Å². The standard InChI is InChI=1S/C21H21N3OS/c1-4-24(17-11-7-5-9-14(17)2)21(25)19-16-13-26-18-12-8-6-10-15(18)20(16)23(3)22-19/h5-12H,4,13H2,1-3H3. The van der Waals surface area contributed by atoms with Gasteiger partial charge in [0, 0.05) is 41.1 Å². The molecule has 1 aliphatic heterocycles. The second-order valence-corrected chi connectivity index (χ2v) is 7.44. The van der Waals surface area contributed by atoms with E-state index in [9.17, 15) is 4.79 Å². The minimum Gasteiger partial charge on any atom is -0.307 e. The zero-order valence-corrected chi connectivity index (χ0v) is 16.0. The number of carbonyl (C=O) groups excluding carboxylic acids is 1. The second-order valence-electron chi connectivity index (χ2n) is 6.42. The number of hydrogen-bond donors (Lipinski definition) is 0. The normalized spacial score (nSPS) is 12.4. The monoisotopic (exact) mass is 363 g/mol. The molecule has 0 radical (unpaired) electrons. The molecular formula is C21H21N3OS. The summed E-state index contributed by atoms with van der Waals surface area (Å²) in [5.41, 5.74) is 5.86. The lowest BCUT2D eigenvalue weighted by atomic mass is 10.0. The van der Waals surface area contributed by atoms with Crippen LogP contribution in [0.2, 0.25) is 0 Å². The van der Waals surface area contributed by atoms with Crippen molar-refractivity contribution in [1.82, 2.24) is 9.78 Å². The molecule has 4 rings (SSSR count). The molecule has 3 aromatic rings. The highest BCUT2D eigenvalue weighted by Gasteiger charge is 2.30. The number of nitrogens with zero attached hydrogens (tertiary/aromatic N) is 3. The van der Waals surface area contributed by atoms with Gasteiger partial charge in [-0.1, -0.05) is 36.4 Å². The molecule has 0 saturated heterocycles. The average Bonchev–Trinajstić information content (AvgIpc) is 3.01. The molecule has 1 aromatic heterocycles. The number of thioether (sulfide) groups is 1. The summed E-state index contributed by atoms with van der Waals surface area (Å²) in [4.78, 5) is 16.4. The fraction of sp³-hybridized carbons (Fsp3) is 0.238. The largest absolute Gasteiger partial charge is 0.307 e. The van der Waals surface area contributed by atoms with E-state index < -0.39 is 0 Å². The van der Waals surface area contributed by atoms with Crippen molar-refractivity contribution >= 4 is 23.4 Å². The summed E-state index contributed by atoms with van der Waals surface area (Å²) in [6.07, 6.45) is 0. The first-order chi connectivity index (χ1) is 12.6. The zero-order chi connectivity index (χ0) is 18.3. The smallest absolute Gasteiger partial charge is 0.279 e. The lowest BCUT2D eigenvalue weighted by Gasteiger charge is -2.23. The van der Waals surface area contributed by atoms with Crippen LogP contribution in [-0.4, -0.2) is 22.2 Å². The first-order valence-corrected chi connectivity index (χ1v) is 9.76. The molecule has 0 bridgehead atoms. The van der Waals surface area contributed by atoms with E-state index in [0.29, 0.717) is 12.2 Å². The Kier molecular flexibility index (Phi) is 4.32. The third-order valence-electron chi connectivity index (χ3n) is 4.83. The number of hydrogen-bond acceptors (Lipinski definition) is 3. The number of aryl methyl sites for hydroxylation is 2. The van der Waals surface area contributed by atoms with E-state index in [2.05, 4.69) is 23.3 Å². The highest BCUT2D eigenvalue weighted by atomic mass is 32.2. The van der Waals surface area contributed by atoms with Gasteiger partial charge in [0.25, 0.3) is 5.91 Å². The van der Waals surface area contributed by atoms with Crippen molar-refractivity contribution in [1.29, 1.82) is 0 Å². The van der Waals surface area contributed by atoms with Crippen LogP contribution in [-0.2, 0) is 12.8 Å². The Morgan fingerprint density at radius 2 is 1.92 bits per heavy atom. The van der Waals surface area contributed by atoms with Crippen LogP contribution < -0.4 is 4.90 Å². The molecule has 26 heavy (non-hydrogen) atoms. The van der Waals surface area contributed by atoms with Gasteiger partial charge in [-0.15, -0.1) is 11.8 Å². The van der Waals surface area contributed by atoms with E-state index in [4.69, 9.17) is 0 Å². The van der Waals surface area contributed by atoms with Gasteiger partial charge in [-0.25, -0.2) is 0 Å². The molecule has 132 valence electrons. The molecule has 0 N–H and O–H groups in total. The molecule has 0 spiro atoms. The van der Waals surface area contributed by atoms with Gasteiger partial charge in [-0.2, -0.15) is 5.10 Å². The van der Waals surface area contributed by atoms with E-state index in [-0.39, 0.29) is 5.91 Å². The van der Waals surface area contributed by atoms with Crippen molar-refractivity contribution in [2.45, 2.75) is 24.5 Å². The van der Waals surface area contributed by atoms with Crippen LogP contribution in [0.15, 0.2) is 53.4 Å². The Labute approximate surface area is 157 Å². The molecule has 0 atom stereocenters. The molecule has 0 aliphatic carbocycles. The summed E-state index contributed by atoms with van der Waals surface area (Å²) in [6, 6.07) is 16.3. The zero-order valence-electron chi connectivity index (χ0n) is 15.2. The summed E-state index contributed by atoms with van der Waals surface area (Å²) >= 11 is 1.77. The molecular weight excluding hydrogens is 342 g/mol. The maximum atomic E-state index is 13.4. The highest BCUT2D eigenvalue weighted by molar-refractivity contribution is 7.98. The molecule has 2 heterocycles. The molecule has 0 unspecified atom stereocenters. The number of carbonyl (C=O) groups is 1. The summed E-state index contributed by atoms with van der Waals surface area (Å²) in [5.74, 6) is 0.741. The van der Waals surface area contributed by atoms with Gasteiger partial charge < -0.3 is 4.90 Å². The minimum atomic E-state index is -0.0290. The number of benzene rings is 2. The van der Waals surface area contributed by atoms with Crippen LogP contribution in [0.25, 0.3) is 11.3 Å². The van der Waals surface area contributed by atoms with Crippen LogP contribution >= 0.6 is 11.8 Å². The van der Waals surface area contributed by atoms with E-state index in [0.717, 1.165) is 33.8 Å². The van der Waals surface area contributed by atoms with Gasteiger partial charge in [0.15, 0.2) is 5.69 Å². The first kappa shape index (κ1) is 16.9. The Morgan fingerprint density at radius 1 is 1.19 bits per heavy atom. The number of anilines is 1. The third-order valence-corrected chi connectivity index (χ3v) is 5.93. The van der Waals surface area contributed by atoms with Gasteiger partial charge in [0.05, 0.1) is 5.69 Å². The maximum absolute atomic E-state index is 13.4. The summed E-state index contributed by atoms with van der Waals surface area (Å²) in [6.45, 7) is 4.65. The summed E-state index contributed by atoms with van der Waals surface area (Å²) in [5, 5.41) is 4.63.